The second-order valence-corrected chi connectivity index (χ2v) is 4.67. The fourth-order valence-corrected chi connectivity index (χ4v) is 1.85. The van der Waals surface area contributed by atoms with E-state index in [0.717, 1.165) is 0 Å². The van der Waals surface area contributed by atoms with E-state index in [-0.39, 0.29) is 23.3 Å². The first-order valence-corrected chi connectivity index (χ1v) is 7.14. The van der Waals surface area contributed by atoms with Gasteiger partial charge in [-0.1, -0.05) is 12.1 Å². The fourth-order valence-electron chi connectivity index (χ4n) is 1.85. The molecule has 0 aliphatic rings. The maximum Gasteiger partial charge on any atom is 0.268 e. The summed E-state index contributed by atoms with van der Waals surface area (Å²) >= 11 is 0. The number of amides is 1. The maximum atomic E-state index is 12.3. The number of aromatic nitrogens is 2. The molecule has 0 atom stereocenters. The third kappa shape index (κ3) is 4.68. The lowest BCUT2D eigenvalue weighted by molar-refractivity contribution is -0.112. The second-order valence-electron chi connectivity index (χ2n) is 4.67. The SMILES string of the molecule is COc1ccc(/C=C(/C#N)C(=O)Nc2nc(OC)cc(OC)n2)cc1. The quantitative estimate of drug-likeness (QED) is 0.633. The molecule has 0 saturated carbocycles. The molecule has 0 radical (unpaired) electrons. The first-order valence-electron chi connectivity index (χ1n) is 7.14. The predicted octanol–water partition coefficient (Wildman–Crippen LogP) is 2.05. The van der Waals surface area contributed by atoms with Crippen LogP contribution in [0.3, 0.4) is 0 Å². The van der Waals surface area contributed by atoms with Crippen LogP contribution >= 0.6 is 0 Å². The van der Waals surface area contributed by atoms with Gasteiger partial charge in [-0.15, -0.1) is 0 Å². The van der Waals surface area contributed by atoms with Gasteiger partial charge in [-0.3, -0.25) is 10.1 Å². The van der Waals surface area contributed by atoms with Crippen molar-refractivity contribution in [1.82, 2.24) is 9.97 Å². The average Bonchev–Trinajstić information content (AvgIpc) is 2.65. The Kier molecular flexibility index (Phi) is 5.90. The van der Waals surface area contributed by atoms with Gasteiger partial charge in [0.2, 0.25) is 17.7 Å². The Morgan fingerprint density at radius 1 is 1.08 bits per heavy atom. The highest BCUT2D eigenvalue weighted by atomic mass is 16.5. The van der Waals surface area contributed by atoms with Crippen molar-refractivity contribution in [2.75, 3.05) is 26.6 Å². The van der Waals surface area contributed by atoms with E-state index >= 15 is 0 Å². The Morgan fingerprint density at radius 2 is 1.68 bits per heavy atom. The number of benzene rings is 1. The standard InChI is InChI=1S/C17H16N4O4/c1-23-13-6-4-11(5-7-13)8-12(10-18)16(22)21-17-19-14(24-2)9-15(20-17)25-3/h4-9H,1-3H3,(H,19,20,21,22)/b12-8-. The molecule has 128 valence electrons. The van der Waals surface area contributed by atoms with Crippen LogP contribution in [0.15, 0.2) is 35.9 Å². The normalized spacial score (nSPS) is 10.6. The van der Waals surface area contributed by atoms with E-state index in [0.29, 0.717) is 11.3 Å². The molecule has 1 N–H and O–H groups in total. The van der Waals surface area contributed by atoms with Gasteiger partial charge in [-0.05, 0) is 23.8 Å². The number of hydrogen-bond donors (Lipinski definition) is 1. The predicted molar refractivity (Wildman–Crippen MR) is 90.3 cm³/mol. The number of rotatable bonds is 6. The molecular formula is C17H16N4O4. The summed E-state index contributed by atoms with van der Waals surface area (Å²) in [6, 6.07) is 10.2. The Morgan fingerprint density at radius 3 is 2.16 bits per heavy atom. The maximum absolute atomic E-state index is 12.3. The molecule has 0 aliphatic heterocycles. The van der Waals surface area contributed by atoms with Gasteiger partial charge in [-0.25, -0.2) is 0 Å². The Hall–Kier alpha value is -3.60. The third-order valence-corrected chi connectivity index (χ3v) is 3.11. The van der Waals surface area contributed by atoms with Crippen molar-refractivity contribution in [2.24, 2.45) is 0 Å². The first-order chi connectivity index (χ1) is 12.1. The molecule has 2 aromatic rings. The molecule has 1 amide bonds. The van der Waals surface area contributed by atoms with Gasteiger partial charge in [0, 0.05) is 0 Å². The average molecular weight is 340 g/mol. The van der Waals surface area contributed by atoms with Crippen molar-refractivity contribution in [3.8, 4) is 23.6 Å². The van der Waals surface area contributed by atoms with E-state index in [9.17, 15) is 10.1 Å². The minimum Gasteiger partial charge on any atom is -0.497 e. The summed E-state index contributed by atoms with van der Waals surface area (Å²) < 4.78 is 15.1. The van der Waals surface area contributed by atoms with Gasteiger partial charge < -0.3 is 14.2 Å². The van der Waals surface area contributed by atoms with Crippen LogP contribution in [0.1, 0.15) is 5.56 Å². The highest BCUT2D eigenvalue weighted by molar-refractivity contribution is 6.09. The van der Waals surface area contributed by atoms with Crippen LogP contribution in [-0.4, -0.2) is 37.2 Å². The summed E-state index contributed by atoms with van der Waals surface area (Å²) in [5.74, 6) is 0.447. The van der Waals surface area contributed by atoms with Gasteiger partial charge in [0.15, 0.2) is 0 Å². The number of carbonyl (C=O) groups is 1. The molecule has 1 aromatic carbocycles. The molecule has 0 unspecified atom stereocenters. The topological polar surface area (TPSA) is 106 Å². The van der Waals surface area contributed by atoms with Crippen molar-refractivity contribution >= 4 is 17.9 Å². The zero-order valence-electron chi connectivity index (χ0n) is 13.9. The van der Waals surface area contributed by atoms with Gasteiger partial charge in [0.05, 0.1) is 27.4 Å². The van der Waals surface area contributed by atoms with Gasteiger partial charge in [0.25, 0.3) is 5.91 Å². The lowest BCUT2D eigenvalue weighted by Crippen LogP contribution is -2.16. The summed E-state index contributed by atoms with van der Waals surface area (Å²) in [7, 11) is 4.41. The Balaban J connectivity index is 2.22. The third-order valence-electron chi connectivity index (χ3n) is 3.11. The van der Waals surface area contributed by atoms with E-state index in [2.05, 4.69) is 15.3 Å². The van der Waals surface area contributed by atoms with Crippen molar-refractivity contribution in [3.63, 3.8) is 0 Å². The molecule has 0 aliphatic carbocycles. The smallest absolute Gasteiger partial charge is 0.268 e. The van der Waals surface area contributed by atoms with Crippen molar-refractivity contribution in [1.29, 1.82) is 5.26 Å². The second kappa shape index (κ2) is 8.31. The Labute approximate surface area is 144 Å². The van der Waals surface area contributed by atoms with Crippen molar-refractivity contribution in [2.45, 2.75) is 0 Å². The molecule has 0 fully saturated rings. The van der Waals surface area contributed by atoms with Crippen LogP contribution < -0.4 is 19.5 Å². The molecule has 0 bridgehead atoms. The summed E-state index contributed by atoms with van der Waals surface area (Å²) in [6.45, 7) is 0. The van der Waals surface area contributed by atoms with Crippen LogP contribution in [0.5, 0.6) is 17.5 Å². The number of nitrogens with one attached hydrogen (secondary N) is 1. The molecule has 25 heavy (non-hydrogen) atoms. The number of carbonyl (C=O) groups excluding carboxylic acids is 1. The van der Waals surface area contributed by atoms with Crippen LogP contribution in [0.2, 0.25) is 0 Å². The lowest BCUT2D eigenvalue weighted by Gasteiger charge is -2.07. The zero-order chi connectivity index (χ0) is 18.2. The molecule has 1 aromatic heterocycles. The number of methoxy groups -OCH3 is 3. The summed E-state index contributed by atoms with van der Waals surface area (Å²) in [6.07, 6.45) is 1.45. The zero-order valence-corrected chi connectivity index (χ0v) is 13.9. The molecule has 1 heterocycles. The first kappa shape index (κ1) is 17.7. The molecule has 8 heteroatoms. The highest BCUT2D eigenvalue weighted by Crippen LogP contribution is 2.18. The van der Waals surface area contributed by atoms with E-state index in [1.807, 2.05) is 6.07 Å². The summed E-state index contributed by atoms with van der Waals surface area (Å²) in [5, 5.41) is 11.7. The molecule has 0 saturated heterocycles. The van der Waals surface area contributed by atoms with Crippen LogP contribution in [0, 0.1) is 11.3 Å². The lowest BCUT2D eigenvalue weighted by atomic mass is 10.1. The molecule has 8 nitrogen and oxygen atoms in total. The number of ether oxygens (including phenoxy) is 3. The Bertz CT molecular complexity index is 803. The highest BCUT2D eigenvalue weighted by Gasteiger charge is 2.13. The molecule has 0 spiro atoms. The van der Waals surface area contributed by atoms with Crippen LogP contribution in [0.25, 0.3) is 6.08 Å². The minimum atomic E-state index is -0.645. The number of hydrogen-bond acceptors (Lipinski definition) is 7. The van der Waals surface area contributed by atoms with E-state index in [1.54, 1.807) is 31.4 Å². The summed E-state index contributed by atoms with van der Waals surface area (Å²) in [4.78, 5) is 20.3. The van der Waals surface area contributed by atoms with Gasteiger partial charge >= 0.3 is 0 Å². The number of nitrogens with zero attached hydrogens (tertiary/aromatic N) is 3. The van der Waals surface area contributed by atoms with E-state index < -0.39 is 5.91 Å². The monoisotopic (exact) mass is 340 g/mol. The number of anilines is 1. The van der Waals surface area contributed by atoms with Gasteiger partial charge in [-0.2, -0.15) is 15.2 Å². The molecular weight excluding hydrogens is 324 g/mol. The minimum absolute atomic E-state index is 0.0305. The van der Waals surface area contributed by atoms with Crippen LogP contribution in [-0.2, 0) is 4.79 Å². The van der Waals surface area contributed by atoms with Crippen LogP contribution in [0.4, 0.5) is 5.95 Å². The van der Waals surface area contributed by atoms with E-state index in [4.69, 9.17) is 14.2 Å². The molecule has 2 rings (SSSR count). The van der Waals surface area contributed by atoms with Crippen molar-refractivity contribution in [3.05, 3.63) is 41.5 Å². The fraction of sp³-hybridized carbons (Fsp3) is 0.176. The largest absolute Gasteiger partial charge is 0.497 e. The van der Waals surface area contributed by atoms with E-state index in [1.165, 1.54) is 26.4 Å². The van der Waals surface area contributed by atoms with Gasteiger partial charge in [0.1, 0.15) is 17.4 Å². The number of nitriles is 1. The summed E-state index contributed by atoms with van der Waals surface area (Å²) in [5.41, 5.74) is 0.576. The van der Waals surface area contributed by atoms with Crippen molar-refractivity contribution < 1.29 is 19.0 Å².